The summed E-state index contributed by atoms with van der Waals surface area (Å²) in [6, 6.07) is 3.43. The van der Waals surface area contributed by atoms with Crippen LogP contribution in [-0.4, -0.2) is 77.8 Å². The summed E-state index contributed by atoms with van der Waals surface area (Å²) in [6.45, 7) is 2.38. The fourth-order valence-corrected chi connectivity index (χ4v) is 4.21. The third-order valence-corrected chi connectivity index (χ3v) is 5.92. The zero-order chi connectivity index (χ0) is 22.5. The summed E-state index contributed by atoms with van der Waals surface area (Å²) < 4.78 is 11.4. The third-order valence-electron chi connectivity index (χ3n) is 5.92. The molecule has 0 unspecified atom stereocenters. The molecule has 1 aromatic rings. The average Bonchev–Trinajstić information content (AvgIpc) is 3.45. The molecule has 1 aliphatic carbocycles. The van der Waals surface area contributed by atoms with Crippen LogP contribution in [0.1, 0.15) is 35.2 Å². The first-order chi connectivity index (χ1) is 14.6. The van der Waals surface area contributed by atoms with Crippen molar-refractivity contribution in [3.63, 3.8) is 0 Å². The van der Waals surface area contributed by atoms with E-state index in [2.05, 4.69) is 5.32 Å². The molecule has 31 heavy (non-hydrogen) atoms. The van der Waals surface area contributed by atoms with E-state index in [4.69, 9.17) is 20.9 Å². The topological polar surface area (TPSA) is 177 Å². The predicted octanol–water partition coefficient (Wildman–Crippen LogP) is -1.50. The lowest BCUT2D eigenvalue weighted by atomic mass is 9.77. The number of primary amides is 1. The van der Waals surface area contributed by atoms with Crippen molar-refractivity contribution in [2.75, 3.05) is 26.2 Å². The van der Waals surface area contributed by atoms with Gasteiger partial charge in [0.25, 0.3) is 0 Å². The van der Waals surface area contributed by atoms with Crippen molar-refractivity contribution in [2.45, 2.75) is 36.7 Å². The highest BCUT2D eigenvalue weighted by molar-refractivity contribution is 6.48. The van der Waals surface area contributed by atoms with E-state index in [1.807, 2.05) is 4.90 Å². The SMILES string of the molecule is C[C@@](N)(CN1CC(Oc2ccc3c(c2C(=O)O)OB(O)[C@@H]2C[C@H]32)C1)C(=O)NCC(N)=O. The first kappa shape index (κ1) is 21.4. The number of carboxylic acid groups (broad SMARTS) is 1. The molecule has 4 rings (SSSR count). The number of benzene rings is 1. The average molecular weight is 432 g/mol. The van der Waals surface area contributed by atoms with Crippen LogP contribution < -0.4 is 26.2 Å². The smallest absolute Gasteiger partial charge is 0.526 e. The van der Waals surface area contributed by atoms with E-state index < -0.39 is 30.4 Å². The molecular weight excluding hydrogens is 407 g/mol. The molecule has 2 heterocycles. The summed E-state index contributed by atoms with van der Waals surface area (Å²) >= 11 is 0. The quantitative estimate of drug-likeness (QED) is 0.306. The number of ether oxygens (including phenoxy) is 1. The van der Waals surface area contributed by atoms with E-state index in [9.17, 15) is 24.5 Å². The maximum Gasteiger partial charge on any atom is 0.526 e. The van der Waals surface area contributed by atoms with Gasteiger partial charge < -0.3 is 36.3 Å². The van der Waals surface area contributed by atoms with E-state index in [0.717, 1.165) is 12.0 Å². The van der Waals surface area contributed by atoms with Crippen molar-refractivity contribution in [1.29, 1.82) is 0 Å². The number of nitrogens with one attached hydrogen (secondary N) is 1. The van der Waals surface area contributed by atoms with E-state index in [1.165, 1.54) is 0 Å². The minimum absolute atomic E-state index is 0.0202. The number of hydrogen-bond acceptors (Lipinski definition) is 8. The molecule has 0 spiro atoms. The number of nitrogens with two attached hydrogens (primary N) is 2. The molecule has 3 atom stereocenters. The molecule has 11 nitrogen and oxygen atoms in total. The first-order valence-corrected chi connectivity index (χ1v) is 10.1. The van der Waals surface area contributed by atoms with Gasteiger partial charge in [0.2, 0.25) is 11.8 Å². The Morgan fingerprint density at radius 3 is 2.74 bits per heavy atom. The van der Waals surface area contributed by atoms with Gasteiger partial charge in [0, 0.05) is 25.5 Å². The maximum atomic E-state index is 12.1. The lowest BCUT2D eigenvalue weighted by Gasteiger charge is -2.42. The van der Waals surface area contributed by atoms with Crippen LogP contribution in [0, 0.1) is 0 Å². The highest BCUT2D eigenvalue weighted by Crippen LogP contribution is 2.60. The van der Waals surface area contributed by atoms with Crippen LogP contribution in [0.15, 0.2) is 12.1 Å². The summed E-state index contributed by atoms with van der Waals surface area (Å²) in [5.41, 5.74) is 10.5. The van der Waals surface area contributed by atoms with Gasteiger partial charge in [0.05, 0.1) is 6.54 Å². The Hall–Kier alpha value is -2.83. The van der Waals surface area contributed by atoms with Crippen LogP contribution in [0.4, 0.5) is 0 Å². The van der Waals surface area contributed by atoms with E-state index in [1.54, 1.807) is 19.1 Å². The number of carboxylic acids is 1. The van der Waals surface area contributed by atoms with Crippen LogP contribution >= 0.6 is 0 Å². The van der Waals surface area contributed by atoms with Crippen molar-refractivity contribution in [3.8, 4) is 11.5 Å². The van der Waals surface area contributed by atoms with Crippen molar-refractivity contribution in [1.82, 2.24) is 10.2 Å². The Morgan fingerprint density at radius 2 is 2.10 bits per heavy atom. The summed E-state index contributed by atoms with van der Waals surface area (Å²) in [7, 11) is -1.01. The number of carbonyl (C=O) groups excluding carboxylic acids is 2. The van der Waals surface area contributed by atoms with E-state index >= 15 is 0 Å². The van der Waals surface area contributed by atoms with Gasteiger partial charge in [-0.3, -0.25) is 14.5 Å². The summed E-state index contributed by atoms with van der Waals surface area (Å²) in [4.78, 5) is 36.7. The van der Waals surface area contributed by atoms with Crippen LogP contribution in [0.2, 0.25) is 5.82 Å². The molecule has 0 aromatic heterocycles. The number of hydrogen-bond donors (Lipinski definition) is 5. The number of rotatable bonds is 8. The number of fused-ring (bicyclic) bond motifs is 3. The zero-order valence-electron chi connectivity index (χ0n) is 17.0. The van der Waals surface area contributed by atoms with Gasteiger partial charge in [0.1, 0.15) is 28.7 Å². The minimum atomic E-state index is -1.23. The molecule has 12 heteroatoms. The van der Waals surface area contributed by atoms with E-state index in [-0.39, 0.29) is 48.0 Å². The van der Waals surface area contributed by atoms with Gasteiger partial charge in [0.15, 0.2) is 0 Å². The second-order valence-corrected chi connectivity index (χ2v) is 8.68. The Bertz CT molecular complexity index is 934. The Morgan fingerprint density at radius 1 is 1.39 bits per heavy atom. The van der Waals surface area contributed by atoms with Crippen LogP contribution in [0.25, 0.3) is 0 Å². The number of amides is 2. The van der Waals surface area contributed by atoms with Gasteiger partial charge in [-0.15, -0.1) is 0 Å². The molecule has 2 aliphatic heterocycles. The molecular formula is C19H25BN4O7. The normalized spacial score (nSPS) is 24.0. The molecule has 0 radical (unpaired) electrons. The second kappa shape index (κ2) is 7.70. The van der Waals surface area contributed by atoms with Crippen molar-refractivity contribution < 1.29 is 33.9 Å². The lowest BCUT2D eigenvalue weighted by molar-refractivity contribution is -0.129. The fraction of sp³-hybridized carbons (Fsp3) is 0.526. The van der Waals surface area contributed by atoms with Crippen molar-refractivity contribution >= 4 is 24.9 Å². The number of likely N-dealkylation sites (tertiary alicyclic amines) is 1. The predicted molar refractivity (Wildman–Crippen MR) is 109 cm³/mol. The zero-order valence-corrected chi connectivity index (χ0v) is 17.0. The maximum absolute atomic E-state index is 12.1. The molecule has 3 aliphatic rings. The third kappa shape index (κ3) is 4.18. The highest BCUT2D eigenvalue weighted by Gasteiger charge is 2.54. The van der Waals surface area contributed by atoms with Crippen LogP contribution in [0.5, 0.6) is 11.5 Å². The second-order valence-electron chi connectivity index (χ2n) is 8.68. The van der Waals surface area contributed by atoms with E-state index in [0.29, 0.717) is 13.1 Å². The molecule has 2 amide bonds. The Labute approximate surface area is 178 Å². The monoisotopic (exact) mass is 432 g/mol. The largest absolute Gasteiger partial charge is 0.535 e. The van der Waals surface area contributed by atoms with Gasteiger partial charge in [-0.25, -0.2) is 4.79 Å². The summed E-state index contributed by atoms with van der Waals surface area (Å²) in [5.74, 6) is -1.85. The van der Waals surface area contributed by atoms with Crippen LogP contribution in [0.3, 0.4) is 0 Å². The number of nitrogens with zero attached hydrogens (tertiary/aromatic N) is 1. The molecule has 2 fully saturated rings. The molecule has 1 saturated heterocycles. The number of carbonyl (C=O) groups is 3. The molecule has 7 N–H and O–H groups in total. The molecule has 0 bridgehead atoms. The standard InChI is InChI=1S/C19H25BN4O7/c1-19(22,18(28)23-5-14(21)25)8-24-6-9(7-24)30-13-3-2-10-11-4-12(11)20(29)31-16(10)15(13)17(26)27/h2-3,9,11-12,29H,4-8,22H2,1H3,(H2,21,25)(H,23,28)(H,26,27)/t11-,12-,19-/m1/s1. The van der Waals surface area contributed by atoms with Gasteiger partial charge >= 0.3 is 13.1 Å². The highest BCUT2D eigenvalue weighted by atomic mass is 16.5. The van der Waals surface area contributed by atoms with Gasteiger partial charge in [-0.2, -0.15) is 0 Å². The Kier molecular flexibility index (Phi) is 5.32. The van der Waals surface area contributed by atoms with Crippen LogP contribution in [-0.2, 0) is 9.59 Å². The number of aromatic carboxylic acids is 1. The Balaban J connectivity index is 1.38. The molecule has 166 valence electrons. The lowest BCUT2D eigenvalue weighted by Crippen LogP contribution is -2.64. The van der Waals surface area contributed by atoms with Gasteiger partial charge in [-0.05, 0) is 30.9 Å². The summed E-state index contributed by atoms with van der Waals surface area (Å²) in [5, 5.41) is 22.1. The van der Waals surface area contributed by atoms with Crippen molar-refractivity contribution in [3.05, 3.63) is 23.3 Å². The summed E-state index contributed by atoms with van der Waals surface area (Å²) in [6.07, 6.45) is 0.485. The minimum Gasteiger partial charge on any atom is -0.535 e. The van der Waals surface area contributed by atoms with Crippen molar-refractivity contribution in [2.24, 2.45) is 11.5 Å². The molecule has 1 saturated carbocycles. The fourth-order valence-electron chi connectivity index (χ4n) is 4.21. The van der Waals surface area contributed by atoms with Gasteiger partial charge in [-0.1, -0.05) is 6.07 Å². The first-order valence-electron chi connectivity index (χ1n) is 10.1. The molecule has 1 aromatic carbocycles.